The van der Waals surface area contributed by atoms with Crippen LogP contribution in [-0.4, -0.2) is 81.9 Å². The lowest BCUT2D eigenvalue weighted by molar-refractivity contribution is -0.124. The monoisotopic (exact) mass is 358 g/mol. The van der Waals surface area contributed by atoms with Gasteiger partial charge in [-0.05, 0) is 0 Å². The second-order valence-corrected chi connectivity index (χ2v) is 6.72. The molecule has 1 unspecified atom stereocenters. The van der Waals surface area contributed by atoms with Gasteiger partial charge in [-0.3, -0.25) is 9.78 Å². The minimum atomic E-state index is -0.587. The van der Waals surface area contributed by atoms with Gasteiger partial charge in [0, 0.05) is 38.7 Å². The maximum Gasteiger partial charge on any atom is 0.274 e. The SMILES string of the molecule is Cn1cnc(C(=O)N2CCOC3(COCCN(c4cnccn4)C3)C2)c1. The van der Waals surface area contributed by atoms with Crippen molar-refractivity contribution in [3.8, 4) is 0 Å². The molecule has 2 aliphatic rings. The second-order valence-electron chi connectivity index (χ2n) is 6.72. The quantitative estimate of drug-likeness (QED) is 0.744. The summed E-state index contributed by atoms with van der Waals surface area (Å²) in [6.07, 6.45) is 8.43. The number of ether oxygens (including phenoxy) is 2. The number of hydrogen-bond donors (Lipinski definition) is 0. The first-order valence-electron chi connectivity index (χ1n) is 8.65. The van der Waals surface area contributed by atoms with E-state index < -0.39 is 5.60 Å². The van der Waals surface area contributed by atoms with Crippen LogP contribution in [0.25, 0.3) is 0 Å². The van der Waals surface area contributed by atoms with Crippen molar-refractivity contribution < 1.29 is 14.3 Å². The van der Waals surface area contributed by atoms with Gasteiger partial charge in [0.25, 0.3) is 5.91 Å². The summed E-state index contributed by atoms with van der Waals surface area (Å²) in [6, 6.07) is 0. The van der Waals surface area contributed by atoms with E-state index in [1.54, 1.807) is 40.6 Å². The molecule has 0 aromatic carbocycles. The Morgan fingerprint density at radius 3 is 2.88 bits per heavy atom. The van der Waals surface area contributed by atoms with Crippen LogP contribution >= 0.6 is 0 Å². The standard InChI is InChI=1S/C17H22N6O3/c1-21-9-14(20-13-21)16(24)23-5-7-26-17(11-23)10-22(4-6-25-12-17)15-8-18-2-3-19-15/h2-3,8-9,13H,4-7,10-12H2,1H3. The van der Waals surface area contributed by atoms with Crippen LogP contribution in [0.2, 0.25) is 0 Å². The lowest BCUT2D eigenvalue weighted by Crippen LogP contribution is -2.60. The molecule has 1 atom stereocenters. The fourth-order valence-electron chi connectivity index (χ4n) is 3.44. The van der Waals surface area contributed by atoms with E-state index in [0.29, 0.717) is 51.7 Å². The molecule has 2 aromatic heterocycles. The summed E-state index contributed by atoms with van der Waals surface area (Å²) in [4.78, 5) is 29.4. The largest absolute Gasteiger partial charge is 0.376 e. The number of carbonyl (C=O) groups is 1. The van der Waals surface area contributed by atoms with Crippen LogP contribution in [-0.2, 0) is 16.5 Å². The zero-order valence-electron chi connectivity index (χ0n) is 14.7. The summed E-state index contributed by atoms with van der Waals surface area (Å²) in [5, 5.41) is 0. The van der Waals surface area contributed by atoms with Crippen LogP contribution in [0, 0.1) is 0 Å². The highest BCUT2D eigenvalue weighted by atomic mass is 16.5. The van der Waals surface area contributed by atoms with Crippen LogP contribution in [0.5, 0.6) is 0 Å². The number of rotatable bonds is 2. The van der Waals surface area contributed by atoms with Gasteiger partial charge in [0.05, 0.1) is 45.4 Å². The van der Waals surface area contributed by atoms with Crippen molar-refractivity contribution in [2.45, 2.75) is 5.60 Å². The lowest BCUT2D eigenvalue weighted by atomic mass is 10.0. The van der Waals surface area contributed by atoms with E-state index in [9.17, 15) is 4.79 Å². The second kappa shape index (κ2) is 7.00. The van der Waals surface area contributed by atoms with Crippen molar-refractivity contribution in [1.29, 1.82) is 0 Å². The van der Waals surface area contributed by atoms with E-state index in [1.807, 2.05) is 7.05 Å². The number of amides is 1. The average molecular weight is 358 g/mol. The molecule has 2 fully saturated rings. The average Bonchev–Trinajstić information content (AvgIpc) is 3.00. The lowest BCUT2D eigenvalue weighted by Gasteiger charge is -2.43. The van der Waals surface area contributed by atoms with Crippen molar-refractivity contribution in [2.24, 2.45) is 7.05 Å². The molecule has 1 spiro atoms. The summed E-state index contributed by atoms with van der Waals surface area (Å²) in [5.41, 5.74) is -0.138. The van der Waals surface area contributed by atoms with E-state index in [2.05, 4.69) is 19.9 Å². The van der Waals surface area contributed by atoms with Crippen molar-refractivity contribution in [3.05, 3.63) is 36.8 Å². The fraction of sp³-hybridized carbons (Fsp3) is 0.529. The van der Waals surface area contributed by atoms with Gasteiger partial charge in [-0.25, -0.2) is 9.97 Å². The molecular formula is C17H22N6O3. The predicted molar refractivity (Wildman–Crippen MR) is 92.9 cm³/mol. The molecule has 0 N–H and O–H groups in total. The van der Waals surface area contributed by atoms with Crippen LogP contribution in [0.1, 0.15) is 10.5 Å². The maximum atomic E-state index is 12.8. The first-order valence-corrected chi connectivity index (χ1v) is 8.65. The topological polar surface area (TPSA) is 85.6 Å². The van der Waals surface area contributed by atoms with E-state index in [1.165, 1.54) is 0 Å². The summed E-state index contributed by atoms with van der Waals surface area (Å²) in [5.74, 6) is 0.706. The zero-order valence-corrected chi connectivity index (χ0v) is 14.7. The number of nitrogens with zero attached hydrogens (tertiary/aromatic N) is 6. The Bertz CT molecular complexity index is 767. The van der Waals surface area contributed by atoms with Gasteiger partial charge in [-0.2, -0.15) is 0 Å². The molecule has 4 heterocycles. The zero-order chi connectivity index (χ0) is 18.0. The van der Waals surface area contributed by atoms with Gasteiger partial charge in [-0.1, -0.05) is 0 Å². The van der Waals surface area contributed by atoms with Gasteiger partial charge in [0.15, 0.2) is 0 Å². The molecule has 2 aromatic rings. The highest BCUT2D eigenvalue weighted by Crippen LogP contribution is 2.25. The Morgan fingerprint density at radius 2 is 2.12 bits per heavy atom. The predicted octanol–water partition coefficient (Wildman–Crippen LogP) is -0.0419. The Morgan fingerprint density at radius 1 is 1.19 bits per heavy atom. The number of hydrogen-bond acceptors (Lipinski definition) is 7. The molecule has 0 aliphatic carbocycles. The van der Waals surface area contributed by atoms with Crippen LogP contribution in [0.4, 0.5) is 5.82 Å². The van der Waals surface area contributed by atoms with E-state index >= 15 is 0 Å². The molecule has 0 radical (unpaired) electrons. The van der Waals surface area contributed by atoms with Gasteiger partial charge in [0.2, 0.25) is 0 Å². The fourth-order valence-corrected chi connectivity index (χ4v) is 3.44. The molecule has 0 saturated carbocycles. The smallest absolute Gasteiger partial charge is 0.274 e. The third kappa shape index (κ3) is 3.40. The molecule has 0 bridgehead atoms. The van der Waals surface area contributed by atoms with Crippen LogP contribution < -0.4 is 4.90 Å². The molecule has 9 nitrogen and oxygen atoms in total. The van der Waals surface area contributed by atoms with Crippen molar-refractivity contribution in [3.63, 3.8) is 0 Å². The summed E-state index contributed by atoms with van der Waals surface area (Å²) in [7, 11) is 1.85. The Labute approximate surface area is 151 Å². The number of morpholine rings is 1. The van der Waals surface area contributed by atoms with Crippen LogP contribution in [0.3, 0.4) is 0 Å². The van der Waals surface area contributed by atoms with E-state index in [4.69, 9.17) is 9.47 Å². The number of carbonyl (C=O) groups excluding carboxylic acids is 1. The third-order valence-corrected chi connectivity index (χ3v) is 4.68. The highest BCUT2D eigenvalue weighted by molar-refractivity contribution is 5.92. The normalized spacial score (nSPS) is 23.9. The maximum absolute atomic E-state index is 12.8. The summed E-state index contributed by atoms with van der Waals surface area (Å²) in [6.45, 7) is 3.79. The molecular weight excluding hydrogens is 336 g/mol. The summed E-state index contributed by atoms with van der Waals surface area (Å²) >= 11 is 0. The Hall–Kier alpha value is -2.52. The molecule has 1 amide bonds. The van der Waals surface area contributed by atoms with Crippen molar-refractivity contribution in [2.75, 3.05) is 50.9 Å². The van der Waals surface area contributed by atoms with E-state index in [0.717, 1.165) is 5.82 Å². The highest BCUT2D eigenvalue weighted by Gasteiger charge is 2.42. The minimum Gasteiger partial charge on any atom is -0.376 e. The first-order chi connectivity index (χ1) is 12.7. The number of anilines is 1. The third-order valence-electron chi connectivity index (χ3n) is 4.68. The van der Waals surface area contributed by atoms with Crippen LogP contribution in [0.15, 0.2) is 31.1 Å². The van der Waals surface area contributed by atoms with E-state index in [-0.39, 0.29) is 5.91 Å². The number of aryl methyl sites for hydroxylation is 1. The molecule has 9 heteroatoms. The van der Waals surface area contributed by atoms with Gasteiger partial charge < -0.3 is 23.8 Å². The van der Waals surface area contributed by atoms with Gasteiger partial charge in [-0.15, -0.1) is 0 Å². The van der Waals surface area contributed by atoms with Crippen molar-refractivity contribution in [1.82, 2.24) is 24.4 Å². The first kappa shape index (κ1) is 16.9. The molecule has 4 rings (SSSR count). The van der Waals surface area contributed by atoms with Gasteiger partial charge >= 0.3 is 0 Å². The number of imidazole rings is 1. The minimum absolute atomic E-state index is 0.0800. The summed E-state index contributed by atoms with van der Waals surface area (Å²) < 4.78 is 13.7. The molecule has 26 heavy (non-hydrogen) atoms. The Balaban J connectivity index is 1.53. The van der Waals surface area contributed by atoms with Gasteiger partial charge in [0.1, 0.15) is 17.1 Å². The molecule has 2 aliphatic heterocycles. The molecule has 2 saturated heterocycles. The molecule has 138 valence electrons. The number of aromatic nitrogens is 4. The van der Waals surface area contributed by atoms with Crippen molar-refractivity contribution >= 4 is 11.7 Å². The Kier molecular flexibility index (Phi) is 4.56.